The second-order valence-electron chi connectivity index (χ2n) is 6.82. The average molecular weight is 529 g/mol. The minimum absolute atomic E-state index is 0. The molecule has 30 heavy (non-hydrogen) atoms. The van der Waals surface area contributed by atoms with E-state index in [-0.39, 0.29) is 24.0 Å². The number of nitrogens with one attached hydrogen (secondary N) is 2. The molecule has 1 aromatic carbocycles. The maximum absolute atomic E-state index is 5.65. The van der Waals surface area contributed by atoms with Crippen molar-refractivity contribution in [3.63, 3.8) is 0 Å². The summed E-state index contributed by atoms with van der Waals surface area (Å²) in [5, 5.41) is 6.76. The van der Waals surface area contributed by atoms with Gasteiger partial charge in [0.05, 0.1) is 13.7 Å². The molecule has 0 saturated carbocycles. The Morgan fingerprint density at radius 1 is 1.13 bits per heavy atom. The summed E-state index contributed by atoms with van der Waals surface area (Å²) in [6.45, 7) is 7.42. The molecular weight excluding hydrogens is 493 g/mol. The quantitative estimate of drug-likeness (QED) is 0.190. The number of guanidine groups is 1. The lowest BCUT2D eigenvalue weighted by Crippen LogP contribution is -2.38. The van der Waals surface area contributed by atoms with Crippen molar-refractivity contribution in [3.05, 3.63) is 42.0 Å². The maximum atomic E-state index is 5.65. The van der Waals surface area contributed by atoms with E-state index >= 15 is 0 Å². The van der Waals surface area contributed by atoms with Gasteiger partial charge in [-0.3, -0.25) is 4.99 Å². The van der Waals surface area contributed by atoms with Crippen LogP contribution in [0.3, 0.4) is 0 Å². The van der Waals surface area contributed by atoms with Crippen LogP contribution in [-0.2, 0) is 13.0 Å². The van der Waals surface area contributed by atoms with Gasteiger partial charge >= 0.3 is 0 Å². The van der Waals surface area contributed by atoms with Crippen molar-refractivity contribution in [2.75, 3.05) is 33.9 Å². The fourth-order valence-corrected chi connectivity index (χ4v) is 3.12. The summed E-state index contributed by atoms with van der Waals surface area (Å²) in [7, 11) is 3.47. The minimum atomic E-state index is 0. The predicted molar refractivity (Wildman–Crippen MR) is 133 cm³/mol. The van der Waals surface area contributed by atoms with Crippen molar-refractivity contribution in [3.8, 4) is 11.5 Å². The normalized spacial score (nSPS) is 11.0. The molecule has 0 atom stereocenters. The Hall–Kier alpha value is -1.97. The van der Waals surface area contributed by atoms with E-state index in [0.29, 0.717) is 6.61 Å². The molecule has 7 nitrogen and oxygen atoms in total. The van der Waals surface area contributed by atoms with Crippen LogP contribution in [0.1, 0.15) is 37.6 Å². The van der Waals surface area contributed by atoms with Crippen LogP contribution >= 0.6 is 24.0 Å². The van der Waals surface area contributed by atoms with E-state index in [9.17, 15) is 0 Å². The maximum Gasteiger partial charge on any atom is 0.190 e. The van der Waals surface area contributed by atoms with Gasteiger partial charge in [-0.2, -0.15) is 0 Å². The zero-order valence-electron chi connectivity index (χ0n) is 18.6. The summed E-state index contributed by atoms with van der Waals surface area (Å²) in [6.07, 6.45) is 8.06. The van der Waals surface area contributed by atoms with Crippen LogP contribution in [0.25, 0.3) is 0 Å². The van der Waals surface area contributed by atoms with Crippen LogP contribution in [0.2, 0.25) is 0 Å². The first kappa shape index (κ1) is 26.1. The van der Waals surface area contributed by atoms with E-state index < -0.39 is 0 Å². The fraction of sp³-hybridized carbons (Fsp3) is 0.545. The van der Waals surface area contributed by atoms with E-state index in [1.165, 1.54) is 5.56 Å². The molecule has 168 valence electrons. The monoisotopic (exact) mass is 529 g/mol. The van der Waals surface area contributed by atoms with E-state index in [0.717, 1.165) is 68.6 Å². The lowest BCUT2D eigenvalue weighted by Gasteiger charge is -2.13. The lowest BCUT2D eigenvalue weighted by molar-refractivity contribution is 0.310. The zero-order chi connectivity index (χ0) is 20.9. The third-order valence-corrected chi connectivity index (χ3v) is 4.73. The number of ether oxygens (including phenoxy) is 2. The Morgan fingerprint density at radius 2 is 1.90 bits per heavy atom. The number of aryl methyl sites for hydroxylation is 3. The fourth-order valence-electron chi connectivity index (χ4n) is 3.12. The van der Waals surface area contributed by atoms with Crippen molar-refractivity contribution in [2.24, 2.45) is 4.99 Å². The molecule has 2 aromatic rings. The van der Waals surface area contributed by atoms with Gasteiger partial charge in [0.1, 0.15) is 5.82 Å². The number of imidazole rings is 1. The summed E-state index contributed by atoms with van der Waals surface area (Å²) >= 11 is 0. The van der Waals surface area contributed by atoms with E-state index in [1.807, 2.05) is 39.4 Å². The Morgan fingerprint density at radius 3 is 2.53 bits per heavy atom. The number of nitrogens with zero attached hydrogens (tertiary/aromatic N) is 3. The topological polar surface area (TPSA) is 72.7 Å². The molecule has 0 fully saturated rings. The van der Waals surface area contributed by atoms with Crippen molar-refractivity contribution < 1.29 is 9.47 Å². The summed E-state index contributed by atoms with van der Waals surface area (Å²) in [5.74, 6) is 3.51. The number of rotatable bonds is 12. The third-order valence-electron chi connectivity index (χ3n) is 4.73. The number of halogens is 1. The van der Waals surface area contributed by atoms with Gasteiger partial charge in [-0.05, 0) is 57.2 Å². The van der Waals surface area contributed by atoms with Crippen LogP contribution in [0.4, 0.5) is 0 Å². The highest BCUT2D eigenvalue weighted by atomic mass is 127. The molecule has 8 heteroatoms. The Balaban J connectivity index is 0.00000450. The molecule has 0 amide bonds. The van der Waals surface area contributed by atoms with Crippen LogP contribution in [-0.4, -0.2) is 49.4 Å². The van der Waals surface area contributed by atoms with Crippen LogP contribution in [0, 0.1) is 6.92 Å². The van der Waals surface area contributed by atoms with Crippen molar-refractivity contribution >= 4 is 29.9 Å². The van der Waals surface area contributed by atoms with Crippen LogP contribution in [0.5, 0.6) is 11.5 Å². The molecule has 0 bridgehead atoms. The van der Waals surface area contributed by atoms with Crippen molar-refractivity contribution in [2.45, 2.75) is 46.1 Å². The molecule has 0 unspecified atom stereocenters. The highest BCUT2D eigenvalue weighted by Crippen LogP contribution is 2.28. The number of methoxy groups -OCH3 is 1. The van der Waals surface area contributed by atoms with E-state index in [1.54, 1.807) is 7.11 Å². The van der Waals surface area contributed by atoms with Crippen molar-refractivity contribution in [1.29, 1.82) is 0 Å². The first-order chi connectivity index (χ1) is 14.2. The van der Waals surface area contributed by atoms with Gasteiger partial charge in [0.2, 0.25) is 0 Å². The summed E-state index contributed by atoms with van der Waals surface area (Å²) in [6, 6.07) is 6.13. The molecule has 1 heterocycles. The molecule has 2 N–H and O–H groups in total. The average Bonchev–Trinajstić information content (AvgIpc) is 3.14. The molecule has 0 aliphatic rings. The molecule has 2 rings (SSSR count). The SMILES string of the molecule is CCOc1cc(CCCNC(=NC)NCCCCn2ccnc2C)ccc1OC.I. The first-order valence-corrected chi connectivity index (χ1v) is 10.4. The predicted octanol–water partition coefficient (Wildman–Crippen LogP) is 3.79. The Kier molecular flexibility index (Phi) is 13.0. The van der Waals surface area contributed by atoms with E-state index in [4.69, 9.17) is 9.47 Å². The largest absolute Gasteiger partial charge is 0.493 e. The third kappa shape index (κ3) is 8.81. The molecule has 0 spiro atoms. The zero-order valence-corrected chi connectivity index (χ0v) is 20.9. The Labute approximate surface area is 197 Å². The van der Waals surface area contributed by atoms with Crippen LogP contribution < -0.4 is 20.1 Å². The molecule has 1 aromatic heterocycles. The molecule has 0 aliphatic carbocycles. The standard InChI is InChI=1S/C22H35N5O2.HI/c1-5-29-21-17-19(10-11-20(21)28-4)9-8-13-26-22(23-3)25-12-6-7-15-27-16-14-24-18(27)2;/h10-11,14,16-17H,5-9,12-13,15H2,1-4H3,(H2,23,25,26);1H. The smallest absolute Gasteiger partial charge is 0.190 e. The number of hydrogen-bond donors (Lipinski definition) is 2. The summed E-state index contributed by atoms with van der Waals surface area (Å²) < 4.78 is 13.2. The first-order valence-electron chi connectivity index (χ1n) is 10.4. The van der Waals surface area contributed by atoms with Gasteiger partial charge in [-0.1, -0.05) is 6.07 Å². The molecular formula is C22H36IN5O2. The van der Waals surface area contributed by atoms with Crippen molar-refractivity contribution in [1.82, 2.24) is 20.2 Å². The molecule has 0 radical (unpaired) electrons. The van der Waals surface area contributed by atoms with Gasteiger partial charge in [-0.25, -0.2) is 4.98 Å². The highest BCUT2D eigenvalue weighted by molar-refractivity contribution is 14.0. The van der Waals surface area contributed by atoms with Gasteiger partial charge in [-0.15, -0.1) is 24.0 Å². The van der Waals surface area contributed by atoms with Gasteiger partial charge in [0, 0.05) is 39.1 Å². The Bertz CT molecular complexity index is 764. The number of aliphatic imine (C=N–C) groups is 1. The van der Waals surface area contributed by atoms with Gasteiger partial charge in [0.15, 0.2) is 17.5 Å². The van der Waals surface area contributed by atoms with E-state index in [2.05, 4.69) is 37.3 Å². The van der Waals surface area contributed by atoms with Gasteiger partial charge < -0.3 is 24.7 Å². The van der Waals surface area contributed by atoms with Gasteiger partial charge in [0.25, 0.3) is 0 Å². The summed E-state index contributed by atoms with van der Waals surface area (Å²) in [4.78, 5) is 8.55. The van der Waals surface area contributed by atoms with Crippen LogP contribution in [0.15, 0.2) is 35.6 Å². The second kappa shape index (κ2) is 14.9. The number of aromatic nitrogens is 2. The number of unbranched alkanes of at least 4 members (excludes halogenated alkanes) is 1. The lowest BCUT2D eigenvalue weighted by atomic mass is 10.1. The molecule has 0 saturated heterocycles. The highest BCUT2D eigenvalue weighted by Gasteiger charge is 2.05. The summed E-state index contributed by atoms with van der Waals surface area (Å²) in [5.41, 5.74) is 1.24. The second-order valence-corrected chi connectivity index (χ2v) is 6.82. The number of benzene rings is 1. The minimum Gasteiger partial charge on any atom is -0.493 e. The molecule has 0 aliphatic heterocycles. The number of hydrogen-bond acceptors (Lipinski definition) is 4.